The van der Waals surface area contributed by atoms with Crippen LogP contribution in [0.2, 0.25) is 10.0 Å². The summed E-state index contributed by atoms with van der Waals surface area (Å²) in [4.78, 5) is 24.6. The number of nitrogens with zero attached hydrogens (tertiary/aromatic N) is 1. The maximum absolute atomic E-state index is 13.0. The van der Waals surface area contributed by atoms with Crippen LogP contribution in [0.3, 0.4) is 0 Å². The molecule has 1 heterocycles. The predicted molar refractivity (Wildman–Crippen MR) is 86.8 cm³/mol. The lowest BCUT2D eigenvalue weighted by Gasteiger charge is -2.23. The molecule has 1 saturated heterocycles. The molecule has 0 spiro atoms. The van der Waals surface area contributed by atoms with E-state index in [2.05, 4.69) is 5.32 Å². The number of carboxylic acid groups (broad SMARTS) is 1. The number of hydrogen-bond acceptors (Lipinski definition) is 3. The second-order valence-corrected chi connectivity index (χ2v) is 6.66. The number of carboxylic acids is 1. The number of aliphatic carboxylic acids is 1. The van der Waals surface area contributed by atoms with Gasteiger partial charge in [-0.2, -0.15) is 13.2 Å². The highest BCUT2D eigenvalue weighted by Gasteiger charge is 2.53. The number of likely N-dealkylation sites (tertiary alicyclic amines) is 1. The van der Waals surface area contributed by atoms with Gasteiger partial charge in [0, 0.05) is 18.8 Å². The van der Waals surface area contributed by atoms with Gasteiger partial charge in [0.2, 0.25) is 5.91 Å². The Bertz CT molecular complexity index is 684. The van der Waals surface area contributed by atoms with Crippen LogP contribution in [-0.2, 0) is 9.59 Å². The van der Waals surface area contributed by atoms with E-state index in [-0.39, 0.29) is 11.6 Å². The van der Waals surface area contributed by atoms with E-state index >= 15 is 0 Å². The summed E-state index contributed by atoms with van der Waals surface area (Å²) in [5.41, 5.74) is 0.340. The summed E-state index contributed by atoms with van der Waals surface area (Å²) in [5.74, 6) is -5.70. The van der Waals surface area contributed by atoms with Crippen molar-refractivity contribution in [2.24, 2.45) is 11.8 Å². The molecule has 2 N–H and O–H groups in total. The molecule has 0 radical (unpaired) electrons. The second-order valence-electron chi connectivity index (χ2n) is 5.84. The van der Waals surface area contributed by atoms with Crippen molar-refractivity contribution in [1.82, 2.24) is 4.90 Å². The molecule has 1 aliphatic heterocycles. The van der Waals surface area contributed by atoms with Crippen LogP contribution in [-0.4, -0.2) is 47.2 Å². The lowest BCUT2D eigenvalue weighted by molar-refractivity contribution is -0.188. The minimum atomic E-state index is -4.64. The third kappa shape index (κ3) is 4.56. The molecular formula is C15H15Cl2F3N2O3. The van der Waals surface area contributed by atoms with E-state index in [1.807, 2.05) is 0 Å². The number of rotatable bonds is 4. The first-order valence-electron chi connectivity index (χ1n) is 7.30. The van der Waals surface area contributed by atoms with Crippen LogP contribution in [0.15, 0.2) is 18.2 Å². The van der Waals surface area contributed by atoms with Gasteiger partial charge >= 0.3 is 12.1 Å². The van der Waals surface area contributed by atoms with Crippen LogP contribution in [0.25, 0.3) is 0 Å². The highest BCUT2D eigenvalue weighted by Crippen LogP contribution is 2.38. The summed E-state index contributed by atoms with van der Waals surface area (Å²) in [6.07, 6.45) is -4.64. The van der Waals surface area contributed by atoms with Gasteiger partial charge in [-0.05, 0) is 25.1 Å². The fourth-order valence-corrected chi connectivity index (χ4v) is 3.02. The Balaban J connectivity index is 2.09. The smallest absolute Gasteiger partial charge is 0.393 e. The number of alkyl halides is 3. The SMILES string of the molecule is CC(C(=O)Nc1ccc(Cl)c(Cl)c1)N1C[C@@H](C(F)(F)F)[C@H](C(=O)O)C1. The molecule has 10 heteroatoms. The van der Waals surface area contributed by atoms with Gasteiger partial charge in [0.05, 0.1) is 27.9 Å². The molecule has 138 valence electrons. The lowest BCUT2D eigenvalue weighted by Crippen LogP contribution is -2.41. The summed E-state index contributed by atoms with van der Waals surface area (Å²) in [6, 6.07) is 3.45. The van der Waals surface area contributed by atoms with Crippen molar-refractivity contribution >= 4 is 40.8 Å². The molecule has 1 unspecified atom stereocenters. The van der Waals surface area contributed by atoms with Crippen LogP contribution in [0.5, 0.6) is 0 Å². The van der Waals surface area contributed by atoms with Crippen LogP contribution in [0.1, 0.15) is 6.92 Å². The van der Waals surface area contributed by atoms with Crippen LogP contribution >= 0.6 is 23.2 Å². The second kappa shape index (κ2) is 7.39. The van der Waals surface area contributed by atoms with Crippen LogP contribution in [0, 0.1) is 11.8 Å². The molecule has 3 atom stereocenters. The van der Waals surface area contributed by atoms with Gasteiger partial charge in [0.15, 0.2) is 0 Å². The summed E-state index contributed by atoms with van der Waals surface area (Å²) in [6.45, 7) is 0.524. The van der Waals surface area contributed by atoms with E-state index in [1.165, 1.54) is 30.0 Å². The molecule has 5 nitrogen and oxygen atoms in total. The van der Waals surface area contributed by atoms with Crippen molar-refractivity contribution in [3.8, 4) is 0 Å². The van der Waals surface area contributed by atoms with Gasteiger partial charge in [0.25, 0.3) is 0 Å². The van der Waals surface area contributed by atoms with E-state index < -0.39 is 42.5 Å². The van der Waals surface area contributed by atoms with E-state index in [0.29, 0.717) is 10.7 Å². The van der Waals surface area contributed by atoms with E-state index in [0.717, 1.165) is 0 Å². The molecule has 0 aromatic heterocycles. The molecule has 1 aromatic carbocycles. The zero-order valence-corrected chi connectivity index (χ0v) is 14.5. The van der Waals surface area contributed by atoms with Crippen molar-refractivity contribution in [2.45, 2.75) is 19.1 Å². The van der Waals surface area contributed by atoms with Crippen molar-refractivity contribution in [2.75, 3.05) is 18.4 Å². The lowest BCUT2D eigenvalue weighted by atomic mass is 9.96. The Hall–Kier alpha value is -1.51. The largest absolute Gasteiger partial charge is 0.481 e. The highest BCUT2D eigenvalue weighted by atomic mass is 35.5. The number of benzene rings is 1. The van der Waals surface area contributed by atoms with Crippen LogP contribution in [0.4, 0.5) is 18.9 Å². The van der Waals surface area contributed by atoms with Crippen molar-refractivity contribution in [1.29, 1.82) is 0 Å². The summed E-state index contributed by atoms with van der Waals surface area (Å²) >= 11 is 11.6. The fourth-order valence-electron chi connectivity index (χ4n) is 2.72. The summed E-state index contributed by atoms with van der Waals surface area (Å²) < 4.78 is 39.1. The molecule has 1 fully saturated rings. The molecule has 1 aliphatic rings. The molecule has 1 amide bonds. The van der Waals surface area contributed by atoms with Gasteiger partial charge in [0.1, 0.15) is 0 Å². The monoisotopic (exact) mass is 398 g/mol. The number of nitrogens with one attached hydrogen (secondary N) is 1. The normalized spacial score (nSPS) is 22.6. The fraction of sp³-hybridized carbons (Fsp3) is 0.467. The van der Waals surface area contributed by atoms with E-state index in [1.54, 1.807) is 0 Å². The minimum absolute atomic E-state index is 0.219. The molecule has 0 aliphatic carbocycles. The number of carbonyl (C=O) groups excluding carboxylic acids is 1. The topological polar surface area (TPSA) is 69.6 Å². The molecular weight excluding hydrogens is 384 g/mol. The zero-order valence-electron chi connectivity index (χ0n) is 13.0. The number of halogens is 5. The first kappa shape index (κ1) is 19.8. The van der Waals surface area contributed by atoms with Gasteiger partial charge in [-0.15, -0.1) is 0 Å². The number of anilines is 1. The molecule has 0 saturated carbocycles. The maximum Gasteiger partial charge on any atom is 0.393 e. The summed E-state index contributed by atoms with van der Waals surface area (Å²) in [7, 11) is 0. The van der Waals surface area contributed by atoms with Gasteiger partial charge in [-0.25, -0.2) is 0 Å². The first-order chi connectivity index (χ1) is 11.5. The molecule has 25 heavy (non-hydrogen) atoms. The van der Waals surface area contributed by atoms with Crippen molar-refractivity contribution in [3.63, 3.8) is 0 Å². The zero-order chi connectivity index (χ0) is 18.9. The Labute approximate surface area is 151 Å². The Kier molecular flexibility index (Phi) is 5.86. The predicted octanol–water partition coefficient (Wildman–Crippen LogP) is 3.52. The standard InChI is InChI=1S/C15H15Cl2F3N2O3/c1-7(13(23)21-8-2-3-11(16)12(17)4-8)22-5-9(14(24)25)10(6-22)15(18,19)20/h2-4,7,9-10H,5-6H2,1H3,(H,21,23)(H,24,25)/t7?,9-,10-/m1/s1. The van der Waals surface area contributed by atoms with Gasteiger partial charge < -0.3 is 10.4 Å². The summed E-state index contributed by atoms with van der Waals surface area (Å²) in [5, 5.41) is 12.1. The third-order valence-corrected chi connectivity index (χ3v) is 4.94. The average molecular weight is 399 g/mol. The van der Waals surface area contributed by atoms with Gasteiger partial charge in [-0.3, -0.25) is 14.5 Å². The third-order valence-electron chi connectivity index (χ3n) is 4.20. The number of amides is 1. The number of carbonyl (C=O) groups is 2. The van der Waals surface area contributed by atoms with Crippen LogP contribution < -0.4 is 5.32 Å². The van der Waals surface area contributed by atoms with Crippen molar-refractivity contribution < 1.29 is 27.9 Å². The van der Waals surface area contributed by atoms with Crippen molar-refractivity contribution in [3.05, 3.63) is 28.2 Å². The van der Waals surface area contributed by atoms with E-state index in [9.17, 15) is 22.8 Å². The molecule has 2 rings (SSSR count). The quantitative estimate of drug-likeness (QED) is 0.813. The van der Waals surface area contributed by atoms with E-state index in [4.69, 9.17) is 28.3 Å². The first-order valence-corrected chi connectivity index (χ1v) is 8.05. The maximum atomic E-state index is 13.0. The molecule has 0 bridgehead atoms. The average Bonchev–Trinajstić information content (AvgIpc) is 2.96. The molecule has 1 aromatic rings. The Morgan fingerprint density at radius 1 is 1.28 bits per heavy atom. The Morgan fingerprint density at radius 2 is 1.92 bits per heavy atom. The number of hydrogen-bond donors (Lipinski definition) is 2. The van der Waals surface area contributed by atoms with Gasteiger partial charge in [-0.1, -0.05) is 23.2 Å². The Morgan fingerprint density at radius 3 is 2.40 bits per heavy atom. The minimum Gasteiger partial charge on any atom is -0.481 e. The highest BCUT2D eigenvalue weighted by molar-refractivity contribution is 6.42.